The van der Waals surface area contributed by atoms with Crippen LogP contribution in [0.4, 0.5) is 4.79 Å². The lowest BCUT2D eigenvalue weighted by Crippen LogP contribution is -2.39. The fraction of sp³-hybridized carbons (Fsp3) is 0.391. The van der Waals surface area contributed by atoms with Gasteiger partial charge in [-0.15, -0.1) is 0 Å². The van der Waals surface area contributed by atoms with Crippen molar-refractivity contribution in [3.8, 4) is 17.0 Å². The van der Waals surface area contributed by atoms with Crippen LogP contribution in [0.15, 0.2) is 36.5 Å². The molecule has 1 aliphatic carbocycles. The Morgan fingerprint density at radius 1 is 1.23 bits per heavy atom. The van der Waals surface area contributed by atoms with Crippen LogP contribution in [0.25, 0.3) is 22.0 Å². The van der Waals surface area contributed by atoms with Gasteiger partial charge >= 0.3 is 6.09 Å². The molecule has 2 atom stereocenters. The second-order valence-electron chi connectivity index (χ2n) is 8.02. The summed E-state index contributed by atoms with van der Waals surface area (Å²) in [4.78, 5) is 30.1. The number of H-pyrrole nitrogens is 1. The van der Waals surface area contributed by atoms with Gasteiger partial charge in [0.05, 0.1) is 11.2 Å². The third kappa shape index (κ3) is 4.52. The fourth-order valence-corrected chi connectivity index (χ4v) is 4.02. The third-order valence-electron chi connectivity index (χ3n) is 5.94. The van der Waals surface area contributed by atoms with Gasteiger partial charge in [0.2, 0.25) is 11.8 Å². The predicted molar refractivity (Wildman–Crippen MR) is 118 cm³/mol. The number of hydrogen-bond donors (Lipinski definition) is 2. The van der Waals surface area contributed by atoms with E-state index in [1.807, 2.05) is 32.0 Å². The van der Waals surface area contributed by atoms with Crippen molar-refractivity contribution in [2.24, 2.45) is 0 Å². The first kappa shape index (κ1) is 20.8. The summed E-state index contributed by atoms with van der Waals surface area (Å²) in [7, 11) is 1.73. The minimum absolute atomic E-state index is 0.0406. The molecule has 8 heteroatoms. The Hall–Kier alpha value is -3.42. The molecule has 2 aromatic heterocycles. The highest BCUT2D eigenvalue weighted by atomic mass is 16.6. The van der Waals surface area contributed by atoms with Crippen LogP contribution in [0, 0.1) is 6.92 Å². The number of fused-ring (bicyclic) bond motifs is 1. The second kappa shape index (κ2) is 8.75. The quantitative estimate of drug-likeness (QED) is 0.652. The van der Waals surface area contributed by atoms with E-state index in [0.29, 0.717) is 6.42 Å². The molecule has 0 bridgehead atoms. The number of hydrogen-bond acceptors (Lipinski definition) is 5. The highest BCUT2D eigenvalue weighted by molar-refractivity contribution is 5.86. The summed E-state index contributed by atoms with van der Waals surface area (Å²) < 4.78 is 5.47. The van der Waals surface area contributed by atoms with E-state index in [0.717, 1.165) is 47.0 Å². The van der Waals surface area contributed by atoms with Gasteiger partial charge in [0.1, 0.15) is 0 Å². The van der Waals surface area contributed by atoms with Crippen molar-refractivity contribution in [1.29, 1.82) is 0 Å². The average molecular weight is 422 g/mol. The number of carbonyl (C=O) groups is 2. The number of rotatable bonds is 5. The number of aromatic amines is 1. The van der Waals surface area contributed by atoms with E-state index in [9.17, 15) is 9.59 Å². The van der Waals surface area contributed by atoms with Crippen molar-refractivity contribution in [3.63, 3.8) is 0 Å². The van der Waals surface area contributed by atoms with E-state index >= 15 is 0 Å². The van der Waals surface area contributed by atoms with Crippen LogP contribution < -0.4 is 10.1 Å². The summed E-state index contributed by atoms with van der Waals surface area (Å²) in [6.07, 6.45) is 4.16. The van der Waals surface area contributed by atoms with Gasteiger partial charge < -0.3 is 15.0 Å². The zero-order chi connectivity index (χ0) is 22.0. The van der Waals surface area contributed by atoms with E-state index in [4.69, 9.17) is 4.74 Å². The third-order valence-corrected chi connectivity index (χ3v) is 5.94. The minimum Gasteiger partial charge on any atom is -0.391 e. The predicted octanol–water partition coefficient (Wildman–Crippen LogP) is 3.81. The van der Waals surface area contributed by atoms with Gasteiger partial charge in [0, 0.05) is 48.8 Å². The van der Waals surface area contributed by atoms with Crippen LogP contribution in [-0.2, 0) is 4.79 Å². The molecule has 8 nitrogen and oxygen atoms in total. The van der Waals surface area contributed by atoms with Crippen LogP contribution in [0.1, 0.15) is 38.3 Å². The summed E-state index contributed by atoms with van der Waals surface area (Å²) in [6.45, 7) is 3.80. The molecular weight excluding hydrogens is 394 g/mol. The van der Waals surface area contributed by atoms with Crippen LogP contribution in [0.3, 0.4) is 0 Å². The summed E-state index contributed by atoms with van der Waals surface area (Å²) in [5, 5.41) is 11.3. The fourth-order valence-electron chi connectivity index (χ4n) is 4.02. The molecule has 2 heterocycles. The van der Waals surface area contributed by atoms with Crippen molar-refractivity contribution >= 4 is 22.9 Å². The van der Waals surface area contributed by atoms with E-state index in [2.05, 4.69) is 26.6 Å². The summed E-state index contributed by atoms with van der Waals surface area (Å²) >= 11 is 0. The second-order valence-corrected chi connectivity index (χ2v) is 8.02. The lowest BCUT2D eigenvalue weighted by molar-refractivity contribution is -0.121. The average Bonchev–Trinajstić information content (AvgIpc) is 3.40. The maximum Gasteiger partial charge on any atom is 0.416 e. The molecule has 1 fully saturated rings. The van der Waals surface area contributed by atoms with Gasteiger partial charge in [-0.05, 0) is 49.9 Å². The molecule has 0 aliphatic heterocycles. The molecule has 1 aromatic carbocycles. The maximum absolute atomic E-state index is 12.6. The highest BCUT2D eigenvalue weighted by Crippen LogP contribution is 2.27. The Labute approximate surface area is 181 Å². The summed E-state index contributed by atoms with van der Waals surface area (Å²) in [6, 6.07) is 9.80. The molecule has 0 saturated heterocycles. The van der Waals surface area contributed by atoms with Gasteiger partial charge in [0.15, 0.2) is 0 Å². The number of amides is 2. The molecule has 4 rings (SSSR count). The smallest absolute Gasteiger partial charge is 0.391 e. The van der Waals surface area contributed by atoms with Gasteiger partial charge in [-0.3, -0.25) is 9.89 Å². The normalized spacial score (nSPS) is 18.2. The first-order valence-electron chi connectivity index (χ1n) is 10.6. The van der Waals surface area contributed by atoms with Crippen molar-refractivity contribution in [2.75, 3.05) is 7.05 Å². The number of ether oxygens (including phenoxy) is 1. The summed E-state index contributed by atoms with van der Waals surface area (Å²) in [5.74, 6) is 0.303. The molecule has 0 spiro atoms. The largest absolute Gasteiger partial charge is 0.416 e. The standard InChI is InChI=1S/C23H27N5O3/c1-4-21(29)25-17-7-8-18(12-17)28(3)23(30)31-22-10-6-16(13-24-22)15-5-9-20-19(11-15)14(2)26-27-20/h5-6,9-11,13,17-18H,4,7-8,12H2,1-3H3,(H,25,29)(H,26,27)/t17-,18+/m0/s1. The van der Waals surface area contributed by atoms with Crippen molar-refractivity contribution in [1.82, 2.24) is 25.4 Å². The first-order valence-corrected chi connectivity index (χ1v) is 10.6. The summed E-state index contributed by atoms with van der Waals surface area (Å²) in [5.41, 5.74) is 3.89. The topological polar surface area (TPSA) is 100 Å². The van der Waals surface area contributed by atoms with Crippen LogP contribution in [0.5, 0.6) is 5.88 Å². The molecule has 0 unspecified atom stereocenters. The van der Waals surface area contributed by atoms with E-state index in [1.54, 1.807) is 24.2 Å². The zero-order valence-electron chi connectivity index (χ0n) is 18.0. The first-order chi connectivity index (χ1) is 14.9. The molecule has 2 amide bonds. The molecule has 1 aliphatic rings. The SMILES string of the molecule is CCC(=O)N[C@H]1CC[C@@H](N(C)C(=O)Oc2ccc(-c3ccc4[nH]nc(C)c4c3)cn2)C1. The van der Waals surface area contributed by atoms with E-state index in [-0.39, 0.29) is 23.9 Å². The number of aryl methyl sites for hydroxylation is 1. The number of aromatic nitrogens is 3. The molecule has 0 radical (unpaired) electrons. The molecule has 2 N–H and O–H groups in total. The monoisotopic (exact) mass is 421 g/mol. The number of nitrogens with one attached hydrogen (secondary N) is 2. The van der Waals surface area contributed by atoms with Crippen LogP contribution >= 0.6 is 0 Å². The Morgan fingerprint density at radius 3 is 2.77 bits per heavy atom. The van der Waals surface area contributed by atoms with Crippen molar-refractivity contribution in [3.05, 3.63) is 42.2 Å². The van der Waals surface area contributed by atoms with Gasteiger partial charge in [0.25, 0.3) is 0 Å². The number of nitrogens with zero attached hydrogens (tertiary/aromatic N) is 3. The van der Waals surface area contributed by atoms with E-state index < -0.39 is 6.09 Å². The number of carbonyl (C=O) groups excluding carboxylic acids is 2. The molecule has 3 aromatic rings. The van der Waals surface area contributed by atoms with Gasteiger partial charge in [-0.2, -0.15) is 5.10 Å². The number of pyridine rings is 1. The van der Waals surface area contributed by atoms with E-state index in [1.165, 1.54) is 0 Å². The highest BCUT2D eigenvalue weighted by Gasteiger charge is 2.31. The Kier molecular flexibility index (Phi) is 5.88. The lowest BCUT2D eigenvalue weighted by Gasteiger charge is -2.23. The Morgan fingerprint density at radius 2 is 2.03 bits per heavy atom. The number of benzene rings is 1. The van der Waals surface area contributed by atoms with Crippen molar-refractivity contribution in [2.45, 2.75) is 51.6 Å². The zero-order valence-corrected chi connectivity index (χ0v) is 18.0. The molecule has 1 saturated carbocycles. The van der Waals surface area contributed by atoms with Crippen LogP contribution in [-0.4, -0.2) is 51.2 Å². The lowest BCUT2D eigenvalue weighted by atomic mass is 10.1. The van der Waals surface area contributed by atoms with Gasteiger partial charge in [-0.25, -0.2) is 9.78 Å². The Bertz CT molecular complexity index is 1090. The van der Waals surface area contributed by atoms with Gasteiger partial charge in [-0.1, -0.05) is 13.0 Å². The minimum atomic E-state index is -0.442. The maximum atomic E-state index is 12.6. The van der Waals surface area contributed by atoms with Crippen LogP contribution in [0.2, 0.25) is 0 Å². The molecular formula is C23H27N5O3. The van der Waals surface area contributed by atoms with Crippen molar-refractivity contribution < 1.29 is 14.3 Å². The molecule has 31 heavy (non-hydrogen) atoms. The Balaban J connectivity index is 1.37. The molecule has 162 valence electrons.